The second-order valence-electron chi connectivity index (χ2n) is 6.30. The lowest BCUT2D eigenvalue weighted by molar-refractivity contribution is -0.275. The van der Waals surface area contributed by atoms with Gasteiger partial charge in [-0.1, -0.05) is 46.0 Å². The number of aromatic nitrogens is 3. The molecule has 1 atom stereocenters. The average Bonchev–Trinajstić information content (AvgIpc) is 3.31. The van der Waals surface area contributed by atoms with Crippen molar-refractivity contribution in [3.63, 3.8) is 0 Å². The second-order valence-corrected chi connectivity index (χ2v) is 7.58. The highest BCUT2D eigenvalue weighted by Gasteiger charge is 2.62. The fourth-order valence-corrected chi connectivity index (χ4v) is 3.84. The molecule has 0 spiro atoms. The Morgan fingerprint density at radius 1 is 1.03 bits per heavy atom. The molecule has 0 N–H and O–H groups in total. The number of hydrogen-bond acceptors (Lipinski definition) is 4. The smallest absolute Gasteiger partial charge is 0.374 e. The first kappa shape index (κ1) is 20.0. The summed E-state index contributed by atoms with van der Waals surface area (Å²) in [4.78, 5) is 8.82. The van der Waals surface area contributed by atoms with Gasteiger partial charge in [0.1, 0.15) is 12.7 Å². The molecular weight excluding hydrogens is 452 g/mol. The van der Waals surface area contributed by atoms with Gasteiger partial charge in [0.05, 0.1) is 16.4 Å². The number of rotatable bonds is 3. The van der Waals surface area contributed by atoms with E-state index in [0.717, 1.165) is 0 Å². The van der Waals surface area contributed by atoms with Gasteiger partial charge in [-0.05, 0) is 30.3 Å². The molecule has 1 aromatic heterocycles. The Morgan fingerprint density at radius 3 is 2.34 bits per heavy atom. The van der Waals surface area contributed by atoms with Crippen molar-refractivity contribution in [1.82, 2.24) is 14.8 Å². The predicted molar refractivity (Wildman–Crippen MR) is 103 cm³/mol. The SMILES string of the molecule is FC(F)(F)C1(c2cc(Cl)cc(Cl)c2)CC(c2ccc(-n3cncn3)c(Cl)c2)=NO1. The van der Waals surface area contributed by atoms with Crippen LogP contribution in [0, 0.1) is 0 Å². The Kier molecular flexibility index (Phi) is 4.96. The van der Waals surface area contributed by atoms with Gasteiger partial charge in [-0.25, -0.2) is 9.67 Å². The Bertz CT molecular complexity index is 1080. The molecule has 5 nitrogen and oxygen atoms in total. The maximum absolute atomic E-state index is 14.1. The van der Waals surface area contributed by atoms with Gasteiger partial charge in [0, 0.05) is 27.6 Å². The largest absolute Gasteiger partial charge is 0.435 e. The molecule has 150 valence electrons. The number of hydrogen-bond donors (Lipinski definition) is 0. The fourth-order valence-electron chi connectivity index (χ4n) is 3.05. The Balaban J connectivity index is 1.71. The lowest BCUT2D eigenvalue weighted by Gasteiger charge is -2.29. The van der Waals surface area contributed by atoms with Crippen LogP contribution < -0.4 is 0 Å². The molecule has 0 saturated carbocycles. The van der Waals surface area contributed by atoms with Gasteiger partial charge in [0.25, 0.3) is 5.60 Å². The molecule has 0 fully saturated rings. The van der Waals surface area contributed by atoms with Crippen LogP contribution in [-0.4, -0.2) is 26.7 Å². The maximum Gasteiger partial charge on any atom is 0.435 e. The van der Waals surface area contributed by atoms with E-state index in [1.165, 1.54) is 41.6 Å². The van der Waals surface area contributed by atoms with Crippen molar-refractivity contribution >= 4 is 40.5 Å². The summed E-state index contributed by atoms with van der Waals surface area (Å²) in [6, 6.07) is 8.37. The fraction of sp³-hybridized carbons (Fsp3) is 0.167. The molecule has 0 amide bonds. The second kappa shape index (κ2) is 7.19. The molecular formula is C18H10Cl3F3N4O. The van der Waals surface area contributed by atoms with Gasteiger partial charge < -0.3 is 4.84 Å². The minimum absolute atomic E-state index is 0.0633. The Morgan fingerprint density at radius 2 is 1.76 bits per heavy atom. The first-order valence-electron chi connectivity index (χ1n) is 8.13. The summed E-state index contributed by atoms with van der Waals surface area (Å²) < 4.78 is 43.6. The third-order valence-electron chi connectivity index (χ3n) is 4.46. The third-order valence-corrected chi connectivity index (χ3v) is 5.20. The van der Waals surface area contributed by atoms with Crippen LogP contribution in [0.2, 0.25) is 15.1 Å². The highest BCUT2D eigenvalue weighted by Crippen LogP contribution is 2.49. The van der Waals surface area contributed by atoms with Crippen molar-refractivity contribution in [2.75, 3.05) is 0 Å². The van der Waals surface area contributed by atoms with Crippen molar-refractivity contribution in [2.45, 2.75) is 18.2 Å². The molecule has 11 heteroatoms. The summed E-state index contributed by atoms with van der Waals surface area (Å²) in [7, 11) is 0. The maximum atomic E-state index is 14.1. The summed E-state index contributed by atoms with van der Waals surface area (Å²) in [6.45, 7) is 0. The van der Waals surface area contributed by atoms with Crippen LogP contribution in [0.5, 0.6) is 0 Å². The number of halogens is 6. The van der Waals surface area contributed by atoms with Crippen molar-refractivity contribution in [1.29, 1.82) is 0 Å². The monoisotopic (exact) mass is 460 g/mol. The van der Waals surface area contributed by atoms with E-state index in [-0.39, 0.29) is 26.3 Å². The predicted octanol–water partition coefficient (Wildman–Crippen LogP) is 5.81. The molecule has 29 heavy (non-hydrogen) atoms. The van der Waals surface area contributed by atoms with Crippen LogP contribution in [-0.2, 0) is 10.4 Å². The van der Waals surface area contributed by atoms with E-state index in [4.69, 9.17) is 39.6 Å². The molecule has 0 radical (unpaired) electrons. The van der Waals surface area contributed by atoms with Gasteiger partial charge in [-0.15, -0.1) is 0 Å². The van der Waals surface area contributed by atoms with Gasteiger partial charge in [-0.2, -0.15) is 18.3 Å². The minimum atomic E-state index is -4.77. The van der Waals surface area contributed by atoms with E-state index >= 15 is 0 Å². The van der Waals surface area contributed by atoms with Crippen molar-refractivity contribution in [2.24, 2.45) is 5.16 Å². The molecule has 1 aliphatic rings. The summed E-state index contributed by atoms with van der Waals surface area (Å²) in [5, 5.41) is 8.09. The highest BCUT2D eigenvalue weighted by atomic mass is 35.5. The average molecular weight is 462 g/mol. The number of alkyl halides is 3. The molecule has 3 aromatic rings. The van der Waals surface area contributed by atoms with Gasteiger partial charge in [0.15, 0.2) is 0 Å². The molecule has 0 aliphatic carbocycles. The van der Waals surface area contributed by atoms with Crippen LogP contribution >= 0.6 is 34.8 Å². The molecule has 2 aromatic carbocycles. The van der Waals surface area contributed by atoms with Crippen molar-refractivity contribution in [3.8, 4) is 5.69 Å². The Hall–Kier alpha value is -2.29. The third kappa shape index (κ3) is 3.56. The summed E-state index contributed by atoms with van der Waals surface area (Å²) in [5.41, 5.74) is -1.93. The van der Waals surface area contributed by atoms with E-state index in [1.807, 2.05) is 0 Å². The molecule has 2 heterocycles. The quantitative estimate of drug-likeness (QED) is 0.495. The summed E-state index contributed by atoms with van der Waals surface area (Å²) >= 11 is 18.1. The standard InChI is InChI=1S/C18H10Cl3F3N4O/c19-12-4-11(5-13(20)6-12)17(18(22,23)24)7-15(27-29-17)10-1-2-16(14(21)3-10)28-9-25-8-26-28/h1-6,8-9H,7H2. The van der Waals surface area contributed by atoms with E-state index in [1.54, 1.807) is 12.1 Å². The molecule has 0 bridgehead atoms. The van der Waals surface area contributed by atoms with Crippen LogP contribution in [0.4, 0.5) is 13.2 Å². The summed E-state index contributed by atoms with van der Waals surface area (Å²) in [5.74, 6) is 0. The van der Waals surface area contributed by atoms with Crippen LogP contribution in [0.25, 0.3) is 5.69 Å². The van der Waals surface area contributed by atoms with Gasteiger partial charge >= 0.3 is 6.18 Å². The van der Waals surface area contributed by atoms with Gasteiger partial charge in [-0.3, -0.25) is 0 Å². The van der Waals surface area contributed by atoms with Crippen LogP contribution in [0.15, 0.2) is 54.2 Å². The van der Waals surface area contributed by atoms with E-state index in [9.17, 15) is 13.2 Å². The van der Waals surface area contributed by atoms with E-state index in [0.29, 0.717) is 11.3 Å². The molecule has 1 unspecified atom stereocenters. The first-order valence-corrected chi connectivity index (χ1v) is 9.26. The van der Waals surface area contributed by atoms with Gasteiger partial charge in [0.2, 0.25) is 0 Å². The van der Waals surface area contributed by atoms with Crippen LogP contribution in [0.1, 0.15) is 17.5 Å². The van der Waals surface area contributed by atoms with E-state index < -0.39 is 18.2 Å². The van der Waals surface area contributed by atoms with Crippen molar-refractivity contribution in [3.05, 3.63) is 75.2 Å². The lowest BCUT2D eigenvalue weighted by Crippen LogP contribution is -2.42. The normalized spacial score (nSPS) is 19.2. The zero-order valence-corrected chi connectivity index (χ0v) is 16.6. The lowest BCUT2D eigenvalue weighted by atomic mass is 9.86. The number of benzene rings is 2. The zero-order valence-electron chi connectivity index (χ0n) is 14.3. The zero-order chi connectivity index (χ0) is 20.8. The topological polar surface area (TPSA) is 52.3 Å². The number of nitrogens with zero attached hydrogens (tertiary/aromatic N) is 4. The molecule has 0 saturated heterocycles. The molecule has 4 rings (SSSR count). The Labute approximate surface area is 177 Å². The van der Waals surface area contributed by atoms with Crippen molar-refractivity contribution < 1.29 is 18.0 Å². The number of oxime groups is 1. The highest BCUT2D eigenvalue weighted by molar-refractivity contribution is 6.34. The first-order chi connectivity index (χ1) is 13.7. The minimum Gasteiger partial charge on any atom is -0.374 e. The van der Waals surface area contributed by atoms with E-state index in [2.05, 4.69) is 15.2 Å². The summed E-state index contributed by atoms with van der Waals surface area (Å²) in [6.07, 6.45) is -2.54. The molecule has 1 aliphatic heterocycles. The van der Waals surface area contributed by atoms with Crippen LogP contribution in [0.3, 0.4) is 0 Å².